The second-order valence-corrected chi connectivity index (χ2v) is 18.2. The van der Waals surface area contributed by atoms with Gasteiger partial charge in [-0.2, -0.15) is 0 Å². The molecule has 4 bridgehead atoms. The summed E-state index contributed by atoms with van der Waals surface area (Å²) in [5, 5.41) is 0. The number of fused-ring (bicyclic) bond motifs is 3. The number of hydrogen-bond donors (Lipinski definition) is 0. The van der Waals surface area contributed by atoms with Crippen LogP contribution >= 0.6 is 0 Å². The van der Waals surface area contributed by atoms with Crippen LogP contribution in [0.5, 0.6) is 0 Å². The lowest BCUT2D eigenvalue weighted by Crippen LogP contribution is -2.48. The van der Waals surface area contributed by atoms with Crippen molar-refractivity contribution in [3.63, 3.8) is 0 Å². The van der Waals surface area contributed by atoms with E-state index in [2.05, 4.69) is 152 Å². The third kappa shape index (κ3) is 5.18. The molecule has 0 saturated heterocycles. The Morgan fingerprint density at radius 1 is 0.574 bits per heavy atom. The smallest absolute Gasteiger partial charge is 0.0540 e. The van der Waals surface area contributed by atoms with Crippen LogP contribution < -0.4 is 4.90 Å². The summed E-state index contributed by atoms with van der Waals surface area (Å²) in [5.74, 6) is 2.91. The van der Waals surface area contributed by atoms with E-state index in [9.17, 15) is 0 Å². The second kappa shape index (κ2) is 12.3. The molecule has 1 nitrogen and oxygen atoms in total. The van der Waals surface area contributed by atoms with Gasteiger partial charge in [-0.3, -0.25) is 0 Å². The Morgan fingerprint density at radius 3 is 1.98 bits per heavy atom. The highest BCUT2D eigenvalue weighted by atomic mass is 15.1. The average molecular weight is 702 g/mol. The highest BCUT2D eigenvalue weighted by Crippen LogP contribution is 2.61. The van der Waals surface area contributed by atoms with Gasteiger partial charge < -0.3 is 4.90 Å². The highest BCUT2D eigenvalue weighted by Gasteiger charge is 2.51. The molecule has 0 N–H and O–H groups in total. The van der Waals surface area contributed by atoms with Crippen LogP contribution in [0.3, 0.4) is 0 Å². The second-order valence-electron chi connectivity index (χ2n) is 18.2. The molecule has 0 atom stereocenters. The third-order valence-corrected chi connectivity index (χ3v) is 14.6. The molecule has 0 heterocycles. The minimum atomic E-state index is -0.0268. The zero-order valence-electron chi connectivity index (χ0n) is 32.0. The molecule has 0 radical (unpaired) electrons. The molecular weight excluding hydrogens is 651 g/mol. The van der Waals surface area contributed by atoms with E-state index < -0.39 is 0 Å². The van der Waals surface area contributed by atoms with Gasteiger partial charge in [-0.05, 0) is 173 Å². The first-order valence-electron chi connectivity index (χ1n) is 20.9. The van der Waals surface area contributed by atoms with E-state index in [0.717, 1.165) is 43.4 Å². The third-order valence-electron chi connectivity index (χ3n) is 14.6. The van der Waals surface area contributed by atoms with Crippen molar-refractivity contribution in [3.05, 3.63) is 161 Å². The van der Waals surface area contributed by atoms with Crippen LogP contribution in [0.1, 0.15) is 99.5 Å². The molecule has 0 spiro atoms. The van der Waals surface area contributed by atoms with Crippen LogP contribution in [0.25, 0.3) is 33.9 Å². The average Bonchev–Trinajstić information content (AvgIpc) is 3.43. The lowest BCUT2D eigenvalue weighted by molar-refractivity contribution is -0.00518. The minimum Gasteiger partial charge on any atom is -0.310 e. The topological polar surface area (TPSA) is 3.24 Å². The summed E-state index contributed by atoms with van der Waals surface area (Å²) in [6, 6.07) is 42.5. The van der Waals surface area contributed by atoms with Gasteiger partial charge in [-0.15, -0.1) is 0 Å². The molecule has 0 unspecified atom stereocenters. The molecule has 4 fully saturated rings. The standard InChI is InChI=1S/C53H51N/c1-52(2)49-13-7-5-12-47(49)48-26-25-45(31-50(48)52)54(51-14-8-6-11-46(51)42-16-15-38-9-3-4-10-41(38)30-42)44-23-19-40(20-24-44)39-17-21-43(22-18-39)53-32-35-27-36(33-53)29-37(28-35)34-53/h3,6-9,11,13-26,30-31,35-37H,4-5,10,12,27-29,32-34H2,1-2H3. The first-order chi connectivity index (χ1) is 26.4. The van der Waals surface area contributed by atoms with Crippen LogP contribution in [0.15, 0.2) is 133 Å². The highest BCUT2D eigenvalue weighted by molar-refractivity contribution is 5.91. The zero-order chi connectivity index (χ0) is 36.0. The molecule has 12 rings (SSSR count). The Labute approximate surface area is 322 Å². The van der Waals surface area contributed by atoms with Crippen LogP contribution in [0, 0.1) is 17.8 Å². The molecule has 0 aromatic heterocycles. The molecule has 4 saturated carbocycles. The number of aryl methyl sites for hydroxylation is 1. The molecule has 0 amide bonds. The summed E-state index contributed by atoms with van der Waals surface area (Å²) in [5.41, 5.74) is 19.5. The summed E-state index contributed by atoms with van der Waals surface area (Å²) >= 11 is 0. The maximum Gasteiger partial charge on any atom is 0.0540 e. The van der Waals surface area contributed by atoms with Crippen LogP contribution in [-0.2, 0) is 17.3 Å². The van der Waals surface area contributed by atoms with Crippen LogP contribution in [0.4, 0.5) is 17.1 Å². The van der Waals surface area contributed by atoms with Crippen molar-refractivity contribution >= 4 is 28.7 Å². The molecule has 5 aromatic rings. The predicted octanol–water partition coefficient (Wildman–Crippen LogP) is 14.3. The normalized spacial score (nSPS) is 25.4. The number of nitrogens with zero attached hydrogens (tertiary/aromatic N) is 1. The van der Waals surface area contributed by atoms with Gasteiger partial charge in [-0.25, -0.2) is 0 Å². The van der Waals surface area contributed by atoms with Gasteiger partial charge in [0, 0.05) is 22.4 Å². The van der Waals surface area contributed by atoms with Crippen molar-refractivity contribution < 1.29 is 0 Å². The Balaban J connectivity index is 0.984. The summed E-state index contributed by atoms with van der Waals surface area (Å²) in [6.45, 7) is 4.83. The van der Waals surface area contributed by atoms with Crippen molar-refractivity contribution in [2.24, 2.45) is 17.8 Å². The maximum absolute atomic E-state index is 2.51. The Bertz CT molecular complexity index is 2340. The number of para-hydroxylation sites is 1. The first-order valence-corrected chi connectivity index (χ1v) is 20.9. The van der Waals surface area contributed by atoms with Gasteiger partial charge in [0.1, 0.15) is 0 Å². The van der Waals surface area contributed by atoms with Gasteiger partial charge in [0.15, 0.2) is 0 Å². The number of allylic oxidation sites excluding steroid dienone is 5. The molecule has 268 valence electrons. The van der Waals surface area contributed by atoms with Crippen molar-refractivity contribution in [1.82, 2.24) is 0 Å². The largest absolute Gasteiger partial charge is 0.310 e. The molecule has 1 heteroatoms. The predicted molar refractivity (Wildman–Crippen MR) is 228 cm³/mol. The Morgan fingerprint density at radius 2 is 1.22 bits per heavy atom. The summed E-state index contributed by atoms with van der Waals surface area (Å²) in [7, 11) is 0. The van der Waals surface area contributed by atoms with E-state index in [1.807, 2.05) is 0 Å². The van der Waals surface area contributed by atoms with E-state index in [4.69, 9.17) is 0 Å². The summed E-state index contributed by atoms with van der Waals surface area (Å²) in [6.07, 6.45) is 22.6. The SMILES string of the molecule is CC1(C)C2=C(CCC=C2)c2ccc(N(c3ccc(-c4ccc(C56CC7CC(CC(C7)C5)C6)cc4)cc3)c3ccccc3-c3ccc4c(c3)CCC=C4)cc21. The van der Waals surface area contributed by atoms with Crippen molar-refractivity contribution in [2.45, 2.75) is 88.9 Å². The molecule has 7 aliphatic carbocycles. The molecule has 5 aromatic carbocycles. The quantitative estimate of drug-likeness (QED) is 0.170. The Kier molecular flexibility index (Phi) is 7.43. The van der Waals surface area contributed by atoms with Crippen molar-refractivity contribution in [2.75, 3.05) is 4.90 Å². The zero-order valence-corrected chi connectivity index (χ0v) is 32.0. The van der Waals surface area contributed by atoms with Gasteiger partial charge in [-0.1, -0.05) is 117 Å². The summed E-state index contributed by atoms with van der Waals surface area (Å²) in [4.78, 5) is 2.51. The minimum absolute atomic E-state index is 0.0268. The Hall–Kier alpha value is -4.88. The van der Waals surface area contributed by atoms with Gasteiger partial charge >= 0.3 is 0 Å². The number of anilines is 3. The van der Waals surface area contributed by atoms with Gasteiger partial charge in [0.25, 0.3) is 0 Å². The van der Waals surface area contributed by atoms with E-state index in [0.29, 0.717) is 5.41 Å². The number of benzene rings is 5. The molecule has 7 aliphatic rings. The van der Waals surface area contributed by atoms with E-state index in [-0.39, 0.29) is 5.41 Å². The fraction of sp³-hybridized carbons (Fsp3) is 0.321. The van der Waals surface area contributed by atoms with Crippen LogP contribution in [0.2, 0.25) is 0 Å². The monoisotopic (exact) mass is 701 g/mol. The lowest BCUT2D eigenvalue weighted by Gasteiger charge is -2.57. The van der Waals surface area contributed by atoms with Crippen LogP contribution in [-0.4, -0.2) is 0 Å². The molecule has 54 heavy (non-hydrogen) atoms. The molecular formula is C53H51N. The van der Waals surface area contributed by atoms with E-state index in [1.54, 1.807) is 5.56 Å². The number of rotatable bonds is 6. The fourth-order valence-electron chi connectivity index (χ4n) is 12.4. The van der Waals surface area contributed by atoms with E-state index >= 15 is 0 Å². The lowest BCUT2D eigenvalue weighted by atomic mass is 9.48. The van der Waals surface area contributed by atoms with Gasteiger partial charge in [0.2, 0.25) is 0 Å². The molecule has 0 aliphatic heterocycles. The summed E-state index contributed by atoms with van der Waals surface area (Å²) < 4.78 is 0. The maximum atomic E-state index is 2.51. The van der Waals surface area contributed by atoms with Crippen molar-refractivity contribution in [3.8, 4) is 22.3 Å². The van der Waals surface area contributed by atoms with E-state index in [1.165, 1.54) is 111 Å². The van der Waals surface area contributed by atoms with Gasteiger partial charge in [0.05, 0.1) is 5.69 Å². The van der Waals surface area contributed by atoms with Crippen molar-refractivity contribution in [1.29, 1.82) is 0 Å². The number of hydrogen-bond acceptors (Lipinski definition) is 1. The fourth-order valence-corrected chi connectivity index (χ4v) is 12.4. The first kappa shape index (κ1) is 32.5.